The third-order valence-corrected chi connectivity index (χ3v) is 5.80. The average Bonchev–Trinajstić information content (AvgIpc) is 2.89. The number of hydrogen-bond acceptors (Lipinski definition) is 4. The van der Waals surface area contributed by atoms with E-state index >= 15 is 0 Å². The van der Waals surface area contributed by atoms with Crippen LogP contribution in [0.2, 0.25) is 5.02 Å². The van der Waals surface area contributed by atoms with E-state index in [1.54, 1.807) is 7.11 Å². The van der Waals surface area contributed by atoms with Crippen LogP contribution in [-0.2, 0) is 19.6 Å². The van der Waals surface area contributed by atoms with Crippen molar-refractivity contribution in [2.45, 2.75) is 19.6 Å². The Morgan fingerprint density at radius 2 is 1.57 bits per heavy atom. The zero-order chi connectivity index (χ0) is 24.5. The Morgan fingerprint density at radius 3 is 2.29 bits per heavy atom. The zero-order valence-electron chi connectivity index (χ0n) is 19.7. The summed E-state index contributed by atoms with van der Waals surface area (Å²) >= 11 is 6.30. The van der Waals surface area contributed by atoms with Crippen LogP contribution in [0.1, 0.15) is 16.7 Å². The Morgan fingerprint density at radius 1 is 0.857 bits per heavy atom. The molecule has 0 saturated heterocycles. The summed E-state index contributed by atoms with van der Waals surface area (Å²) in [6.45, 7) is 4.89. The standard InChI is InChI=1S/C30H28ClNO3/c1-3-9-23-18-22(19-29(33-2)30(23)34-21-24-10-7-8-13-28(24)31)20-32-25-14-16-27(17-15-25)35-26-11-5-4-6-12-26/h3-8,10-19,32H,1,9,20-21H2,2H3. The summed E-state index contributed by atoms with van der Waals surface area (Å²) < 4.78 is 17.7. The van der Waals surface area contributed by atoms with Crippen molar-refractivity contribution in [2.75, 3.05) is 12.4 Å². The van der Waals surface area contributed by atoms with Gasteiger partial charge in [0, 0.05) is 28.4 Å². The number of allylic oxidation sites excluding steroid dienone is 1. The zero-order valence-corrected chi connectivity index (χ0v) is 20.4. The van der Waals surface area contributed by atoms with Crippen molar-refractivity contribution >= 4 is 17.3 Å². The molecule has 0 unspecified atom stereocenters. The molecule has 0 fully saturated rings. The van der Waals surface area contributed by atoms with Crippen molar-refractivity contribution in [1.82, 2.24) is 0 Å². The summed E-state index contributed by atoms with van der Waals surface area (Å²) in [5.74, 6) is 2.99. The maximum Gasteiger partial charge on any atom is 0.165 e. The van der Waals surface area contributed by atoms with Crippen LogP contribution >= 0.6 is 11.6 Å². The number of halogens is 1. The Kier molecular flexibility index (Phi) is 8.31. The first kappa shape index (κ1) is 24.2. The van der Waals surface area contributed by atoms with Crippen LogP contribution in [0.3, 0.4) is 0 Å². The van der Waals surface area contributed by atoms with Gasteiger partial charge in [0.25, 0.3) is 0 Å². The number of methoxy groups -OCH3 is 1. The molecule has 4 nitrogen and oxygen atoms in total. The maximum absolute atomic E-state index is 6.30. The van der Waals surface area contributed by atoms with Gasteiger partial charge >= 0.3 is 0 Å². The highest BCUT2D eigenvalue weighted by Gasteiger charge is 2.14. The van der Waals surface area contributed by atoms with E-state index in [1.807, 2.05) is 91.0 Å². The minimum absolute atomic E-state index is 0.356. The highest BCUT2D eigenvalue weighted by Crippen LogP contribution is 2.35. The number of nitrogens with one attached hydrogen (secondary N) is 1. The fraction of sp³-hybridized carbons (Fsp3) is 0.133. The lowest BCUT2D eigenvalue weighted by Crippen LogP contribution is -2.05. The first-order valence-corrected chi connectivity index (χ1v) is 11.8. The van der Waals surface area contributed by atoms with Crippen molar-refractivity contribution in [3.8, 4) is 23.0 Å². The van der Waals surface area contributed by atoms with E-state index in [-0.39, 0.29) is 0 Å². The minimum atomic E-state index is 0.356. The lowest BCUT2D eigenvalue weighted by Gasteiger charge is -2.17. The summed E-state index contributed by atoms with van der Waals surface area (Å²) in [5.41, 5.74) is 4.00. The van der Waals surface area contributed by atoms with E-state index in [0.717, 1.165) is 33.9 Å². The highest BCUT2D eigenvalue weighted by molar-refractivity contribution is 6.31. The van der Waals surface area contributed by atoms with E-state index in [2.05, 4.69) is 18.0 Å². The van der Waals surface area contributed by atoms with Crippen molar-refractivity contribution in [3.05, 3.63) is 125 Å². The van der Waals surface area contributed by atoms with E-state index in [9.17, 15) is 0 Å². The smallest absolute Gasteiger partial charge is 0.165 e. The number of benzene rings is 4. The summed E-state index contributed by atoms with van der Waals surface area (Å²) in [6.07, 6.45) is 2.52. The maximum atomic E-state index is 6.30. The third kappa shape index (κ3) is 6.58. The van der Waals surface area contributed by atoms with Gasteiger partial charge in [0.05, 0.1) is 7.11 Å². The molecule has 0 aliphatic heterocycles. The summed E-state index contributed by atoms with van der Waals surface area (Å²) in [4.78, 5) is 0. The van der Waals surface area contributed by atoms with E-state index < -0.39 is 0 Å². The van der Waals surface area contributed by atoms with E-state index in [0.29, 0.717) is 36.1 Å². The first-order valence-electron chi connectivity index (χ1n) is 11.4. The SMILES string of the molecule is C=CCc1cc(CNc2ccc(Oc3ccccc3)cc2)cc(OC)c1OCc1ccccc1Cl. The van der Waals surface area contributed by atoms with Gasteiger partial charge in [-0.25, -0.2) is 0 Å². The normalized spacial score (nSPS) is 10.5. The Bertz CT molecular complexity index is 1260. The fourth-order valence-corrected chi connectivity index (χ4v) is 3.87. The lowest BCUT2D eigenvalue weighted by atomic mass is 10.1. The predicted molar refractivity (Wildman–Crippen MR) is 143 cm³/mol. The van der Waals surface area contributed by atoms with Crippen molar-refractivity contribution in [3.63, 3.8) is 0 Å². The van der Waals surface area contributed by atoms with Gasteiger partial charge in [-0.15, -0.1) is 6.58 Å². The van der Waals surface area contributed by atoms with Gasteiger partial charge in [-0.05, 0) is 66.6 Å². The molecule has 0 radical (unpaired) electrons. The molecule has 4 aromatic carbocycles. The molecule has 0 amide bonds. The molecule has 4 aromatic rings. The number of para-hydroxylation sites is 1. The van der Waals surface area contributed by atoms with Crippen LogP contribution in [0.5, 0.6) is 23.0 Å². The first-order chi connectivity index (χ1) is 17.2. The van der Waals surface area contributed by atoms with Gasteiger partial charge in [0.2, 0.25) is 0 Å². The molecule has 4 rings (SSSR count). The van der Waals surface area contributed by atoms with E-state index in [1.165, 1.54) is 0 Å². The molecule has 0 spiro atoms. The fourth-order valence-electron chi connectivity index (χ4n) is 3.68. The molecule has 0 aromatic heterocycles. The highest BCUT2D eigenvalue weighted by atomic mass is 35.5. The van der Waals surface area contributed by atoms with Gasteiger partial charge < -0.3 is 19.5 Å². The van der Waals surface area contributed by atoms with Crippen molar-refractivity contribution in [2.24, 2.45) is 0 Å². The lowest BCUT2D eigenvalue weighted by molar-refractivity contribution is 0.282. The van der Waals surface area contributed by atoms with Gasteiger partial charge in [-0.2, -0.15) is 0 Å². The molecular formula is C30H28ClNO3. The molecule has 178 valence electrons. The minimum Gasteiger partial charge on any atom is -0.493 e. The molecule has 5 heteroatoms. The van der Waals surface area contributed by atoms with Crippen LogP contribution < -0.4 is 19.5 Å². The van der Waals surface area contributed by atoms with Crippen LogP contribution in [-0.4, -0.2) is 7.11 Å². The number of hydrogen-bond donors (Lipinski definition) is 1. The summed E-state index contributed by atoms with van der Waals surface area (Å²) in [7, 11) is 1.65. The van der Waals surface area contributed by atoms with Crippen LogP contribution in [0, 0.1) is 0 Å². The molecule has 0 bridgehead atoms. The topological polar surface area (TPSA) is 39.7 Å². The quantitative estimate of drug-likeness (QED) is 0.218. The van der Waals surface area contributed by atoms with Gasteiger partial charge in [0.15, 0.2) is 11.5 Å². The Hall–Kier alpha value is -3.89. The molecule has 0 aliphatic carbocycles. The largest absolute Gasteiger partial charge is 0.493 e. The molecule has 0 atom stereocenters. The van der Waals surface area contributed by atoms with Gasteiger partial charge in [0.1, 0.15) is 18.1 Å². The number of rotatable bonds is 11. The average molecular weight is 486 g/mol. The van der Waals surface area contributed by atoms with Gasteiger partial charge in [-0.1, -0.05) is 54.1 Å². The number of anilines is 1. The number of ether oxygens (including phenoxy) is 3. The Balaban J connectivity index is 1.45. The summed E-state index contributed by atoms with van der Waals surface area (Å²) in [6, 6.07) is 29.4. The molecule has 35 heavy (non-hydrogen) atoms. The third-order valence-electron chi connectivity index (χ3n) is 5.44. The van der Waals surface area contributed by atoms with Gasteiger partial charge in [-0.3, -0.25) is 0 Å². The summed E-state index contributed by atoms with van der Waals surface area (Å²) in [5, 5.41) is 4.14. The van der Waals surface area contributed by atoms with Crippen molar-refractivity contribution in [1.29, 1.82) is 0 Å². The molecule has 0 saturated carbocycles. The second-order valence-corrected chi connectivity index (χ2v) is 8.36. The van der Waals surface area contributed by atoms with Crippen LogP contribution in [0.25, 0.3) is 0 Å². The van der Waals surface area contributed by atoms with Crippen LogP contribution in [0.15, 0.2) is 104 Å². The van der Waals surface area contributed by atoms with Crippen molar-refractivity contribution < 1.29 is 14.2 Å². The second kappa shape index (κ2) is 12.0. The molecule has 1 N–H and O–H groups in total. The van der Waals surface area contributed by atoms with Crippen LogP contribution in [0.4, 0.5) is 5.69 Å². The van der Waals surface area contributed by atoms with E-state index in [4.69, 9.17) is 25.8 Å². The monoisotopic (exact) mass is 485 g/mol. The Labute approximate surface area is 211 Å². The molecule has 0 aliphatic rings. The molecular weight excluding hydrogens is 458 g/mol. The molecule has 0 heterocycles. The second-order valence-electron chi connectivity index (χ2n) is 7.95. The predicted octanol–water partition coefficient (Wildman–Crippen LogP) is 8.06.